The van der Waals surface area contributed by atoms with E-state index < -0.39 is 0 Å². The average molecular weight is 301 g/mol. The fraction of sp³-hybridized carbons (Fsp3) is 0.714. The van der Waals surface area contributed by atoms with Crippen molar-refractivity contribution in [1.82, 2.24) is 15.5 Å². The second kappa shape index (κ2) is 6.59. The summed E-state index contributed by atoms with van der Waals surface area (Å²) >= 11 is 0. The summed E-state index contributed by atoms with van der Waals surface area (Å²) in [5, 5.41) is 10.1. The van der Waals surface area contributed by atoms with Gasteiger partial charge in [-0.05, 0) is 31.4 Å². The number of aromatic nitrogens is 2. The Balaban J connectivity index is 0.00000200. The van der Waals surface area contributed by atoms with Gasteiger partial charge >= 0.3 is 0 Å². The van der Waals surface area contributed by atoms with E-state index in [1.807, 2.05) is 6.07 Å². The van der Waals surface area contributed by atoms with Gasteiger partial charge in [0.15, 0.2) is 0 Å². The third-order valence-electron chi connectivity index (χ3n) is 3.90. The highest BCUT2D eigenvalue weighted by Crippen LogP contribution is 2.25. The second-order valence-corrected chi connectivity index (χ2v) is 6.42. The second-order valence-electron chi connectivity index (χ2n) is 6.42. The van der Waals surface area contributed by atoms with Gasteiger partial charge in [0.25, 0.3) is 5.91 Å². The molecule has 0 saturated heterocycles. The maximum absolute atomic E-state index is 12.2. The molecule has 0 aromatic carbocycles. The van der Waals surface area contributed by atoms with Gasteiger partial charge in [0.05, 0.1) is 0 Å². The first-order chi connectivity index (χ1) is 8.91. The van der Waals surface area contributed by atoms with Crippen molar-refractivity contribution < 1.29 is 4.79 Å². The van der Waals surface area contributed by atoms with Crippen molar-refractivity contribution >= 4 is 18.3 Å². The average Bonchev–Trinajstić information content (AvgIpc) is 2.95. The summed E-state index contributed by atoms with van der Waals surface area (Å²) in [6, 6.07) is 2.04. The Morgan fingerprint density at radius 3 is 2.75 bits per heavy atom. The van der Waals surface area contributed by atoms with Crippen LogP contribution in [0.4, 0.5) is 0 Å². The Morgan fingerprint density at radius 2 is 2.20 bits per heavy atom. The third-order valence-corrected chi connectivity index (χ3v) is 3.90. The zero-order valence-corrected chi connectivity index (χ0v) is 13.2. The molecule has 1 amide bonds. The lowest BCUT2D eigenvalue weighted by Gasteiger charge is -2.18. The summed E-state index contributed by atoms with van der Waals surface area (Å²) < 4.78 is 0. The summed E-state index contributed by atoms with van der Waals surface area (Å²) in [6.45, 7) is 6.90. The molecule has 1 saturated carbocycles. The van der Waals surface area contributed by atoms with Crippen molar-refractivity contribution in [2.75, 3.05) is 6.54 Å². The third kappa shape index (κ3) is 3.73. The lowest BCUT2D eigenvalue weighted by Crippen LogP contribution is -2.40. The minimum Gasteiger partial charge on any atom is -0.348 e. The number of rotatable bonds is 3. The molecule has 6 heteroatoms. The first kappa shape index (κ1) is 17.0. The Bertz CT molecular complexity index is 452. The normalized spacial score (nSPS) is 22.4. The van der Waals surface area contributed by atoms with Gasteiger partial charge in [-0.3, -0.25) is 9.89 Å². The van der Waals surface area contributed by atoms with Crippen molar-refractivity contribution in [2.45, 2.75) is 51.5 Å². The van der Waals surface area contributed by atoms with Crippen molar-refractivity contribution in [1.29, 1.82) is 0 Å². The van der Waals surface area contributed by atoms with Gasteiger partial charge < -0.3 is 11.1 Å². The molecule has 1 aliphatic carbocycles. The number of aromatic amines is 1. The molecule has 1 heterocycles. The minimum absolute atomic E-state index is 0. The van der Waals surface area contributed by atoms with Crippen LogP contribution in [-0.2, 0) is 5.41 Å². The van der Waals surface area contributed by atoms with Crippen molar-refractivity contribution in [2.24, 2.45) is 11.7 Å². The molecule has 1 aromatic rings. The molecule has 0 bridgehead atoms. The number of halogens is 1. The van der Waals surface area contributed by atoms with E-state index in [1.165, 1.54) is 0 Å². The Morgan fingerprint density at radius 1 is 1.50 bits per heavy atom. The summed E-state index contributed by atoms with van der Waals surface area (Å²) in [7, 11) is 0. The largest absolute Gasteiger partial charge is 0.348 e. The van der Waals surface area contributed by atoms with Crippen LogP contribution in [0.5, 0.6) is 0 Å². The molecule has 2 rings (SSSR count). The Hall–Kier alpha value is -1.07. The molecular formula is C14H25ClN4O. The lowest BCUT2D eigenvalue weighted by atomic mass is 9.92. The topological polar surface area (TPSA) is 83.8 Å². The molecule has 1 fully saturated rings. The number of hydrogen-bond acceptors (Lipinski definition) is 3. The maximum atomic E-state index is 12.2. The Kier molecular flexibility index (Phi) is 5.59. The van der Waals surface area contributed by atoms with Crippen LogP contribution < -0.4 is 11.1 Å². The number of carbonyl (C=O) groups is 1. The van der Waals surface area contributed by atoms with E-state index in [9.17, 15) is 4.79 Å². The molecule has 0 aliphatic heterocycles. The smallest absolute Gasteiger partial charge is 0.272 e. The summed E-state index contributed by atoms with van der Waals surface area (Å²) in [4.78, 5) is 12.2. The highest BCUT2D eigenvalue weighted by atomic mass is 35.5. The van der Waals surface area contributed by atoms with Crippen LogP contribution in [0.2, 0.25) is 0 Å². The van der Waals surface area contributed by atoms with Crippen molar-refractivity contribution in [3.05, 3.63) is 17.5 Å². The van der Waals surface area contributed by atoms with Crippen LogP contribution in [0.15, 0.2) is 6.07 Å². The van der Waals surface area contributed by atoms with Gasteiger partial charge in [-0.1, -0.05) is 27.2 Å². The van der Waals surface area contributed by atoms with E-state index >= 15 is 0 Å². The van der Waals surface area contributed by atoms with Crippen LogP contribution in [0.1, 0.15) is 56.2 Å². The van der Waals surface area contributed by atoms with Gasteiger partial charge in [0, 0.05) is 17.2 Å². The number of nitrogens with one attached hydrogen (secondary N) is 2. The molecule has 5 nitrogen and oxygen atoms in total. The SMILES string of the molecule is CC(C)(C)c1cc(C(=O)NC2CCCC2CN)n[nH]1.Cl. The Labute approximate surface area is 126 Å². The number of nitrogens with zero attached hydrogens (tertiary/aromatic N) is 1. The first-order valence-electron chi connectivity index (χ1n) is 6.98. The standard InChI is InChI=1S/C14H24N4O.ClH/c1-14(2,3)12-7-11(17-18-12)13(19)16-10-6-4-5-9(10)8-15;/h7,9-10H,4-6,8,15H2,1-3H3,(H,16,19)(H,17,18);1H. The van der Waals surface area contributed by atoms with Gasteiger partial charge in [-0.2, -0.15) is 5.10 Å². The lowest BCUT2D eigenvalue weighted by molar-refractivity contribution is 0.0923. The highest BCUT2D eigenvalue weighted by molar-refractivity contribution is 5.92. The highest BCUT2D eigenvalue weighted by Gasteiger charge is 2.28. The molecule has 114 valence electrons. The molecule has 0 radical (unpaired) electrons. The number of hydrogen-bond donors (Lipinski definition) is 3. The van der Waals surface area contributed by atoms with Crippen LogP contribution >= 0.6 is 12.4 Å². The van der Waals surface area contributed by atoms with Crippen molar-refractivity contribution in [3.63, 3.8) is 0 Å². The van der Waals surface area contributed by atoms with Crippen LogP contribution in [0, 0.1) is 5.92 Å². The van der Waals surface area contributed by atoms with Gasteiger partial charge in [0.2, 0.25) is 0 Å². The molecule has 2 atom stereocenters. The van der Waals surface area contributed by atoms with Gasteiger partial charge in [-0.15, -0.1) is 12.4 Å². The van der Waals surface area contributed by atoms with E-state index in [0.29, 0.717) is 18.2 Å². The molecule has 0 spiro atoms. The molecule has 2 unspecified atom stereocenters. The monoisotopic (exact) mass is 300 g/mol. The quantitative estimate of drug-likeness (QED) is 0.798. The summed E-state index contributed by atoms with van der Waals surface area (Å²) in [5.74, 6) is 0.307. The predicted octanol–water partition coefficient (Wildman–Crippen LogP) is 1.99. The molecule has 1 aromatic heterocycles. The van der Waals surface area contributed by atoms with E-state index in [-0.39, 0.29) is 29.8 Å². The summed E-state index contributed by atoms with van der Waals surface area (Å²) in [5.41, 5.74) is 7.13. The van der Waals surface area contributed by atoms with Gasteiger partial charge in [-0.25, -0.2) is 0 Å². The molecular weight excluding hydrogens is 276 g/mol. The fourth-order valence-electron chi connectivity index (χ4n) is 2.57. The van der Waals surface area contributed by atoms with E-state index in [0.717, 1.165) is 25.0 Å². The van der Waals surface area contributed by atoms with Crippen LogP contribution in [0.25, 0.3) is 0 Å². The molecule has 1 aliphatic rings. The van der Waals surface area contributed by atoms with Crippen LogP contribution in [0.3, 0.4) is 0 Å². The molecule has 20 heavy (non-hydrogen) atoms. The zero-order chi connectivity index (χ0) is 14.0. The van der Waals surface area contributed by atoms with E-state index in [4.69, 9.17) is 5.73 Å². The first-order valence-corrected chi connectivity index (χ1v) is 6.98. The minimum atomic E-state index is -0.0999. The zero-order valence-electron chi connectivity index (χ0n) is 12.4. The maximum Gasteiger partial charge on any atom is 0.272 e. The van der Waals surface area contributed by atoms with Crippen molar-refractivity contribution in [3.8, 4) is 0 Å². The van der Waals surface area contributed by atoms with Gasteiger partial charge in [0.1, 0.15) is 5.69 Å². The van der Waals surface area contributed by atoms with Crippen LogP contribution in [-0.4, -0.2) is 28.7 Å². The number of H-pyrrole nitrogens is 1. The summed E-state index contributed by atoms with van der Waals surface area (Å²) in [6.07, 6.45) is 3.26. The number of nitrogens with two attached hydrogens (primary N) is 1. The fourth-order valence-corrected chi connectivity index (χ4v) is 2.57. The number of carbonyl (C=O) groups excluding carboxylic acids is 1. The van der Waals surface area contributed by atoms with E-state index in [2.05, 4.69) is 36.3 Å². The van der Waals surface area contributed by atoms with E-state index in [1.54, 1.807) is 0 Å². The number of amides is 1. The molecule has 4 N–H and O–H groups in total. The predicted molar refractivity (Wildman–Crippen MR) is 82.2 cm³/mol.